The SMILES string of the molecule is CCCCCCCCCc1ccc(OCCOCCOCCOCCOCCOCCOCCOCCOCCOCCOCCOCCOCCOCCOCCOCCOCCOCCOCCOCCOCCOCCOCCOCCOCCOCCOCCOCCOCCOCCOCCOCCOCCOCCOCCOCCOCCOCCOCCOCCO)cc1. The first kappa shape index (κ1) is 131. The first-order valence-electron chi connectivity index (χ1n) is 49.7. The second kappa shape index (κ2) is 125. The molecule has 0 atom stereocenters. The Hall–Kier alpha value is -2.58. The van der Waals surface area contributed by atoms with E-state index in [-0.39, 0.29) is 6.61 Å². The zero-order valence-electron chi connectivity index (χ0n) is 83.3. The highest BCUT2D eigenvalue weighted by Gasteiger charge is 2.07. The van der Waals surface area contributed by atoms with Gasteiger partial charge in [0, 0.05) is 0 Å². The summed E-state index contributed by atoms with van der Waals surface area (Å²) in [5, 5.41) is 8.63. The molecule has 0 saturated heterocycles. The van der Waals surface area contributed by atoms with Gasteiger partial charge in [0.2, 0.25) is 0 Å². The third-order valence-corrected chi connectivity index (χ3v) is 17.9. The minimum absolute atomic E-state index is 0.0148. The third kappa shape index (κ3) is 118. The van der Waals surface area contributed by atoms with Gasteiger partial charge in [-0.1, -0.05) is 57.6 Å². The van der Waals surface area contributed by atoms with Crippen LogP contribution in [0.5, 0.6) is 5.75 Å². The first-order valence-corrected chi connectivity index (χ1v) is 49.7. The van der Waals surface area contributed by atoms with E-state index < -0.39 is 0 Å². The average Bonchev–Trinajstić information content (AvgIpc) is 0.912. The van der Waals surface area contributed by atoms with E-state index in [9.17, 15) is 0 Å². The van der Waals surface area contributed by atoms with Gasteiger partial charge in [0.05, 0.1) is 522 Å². The molecule has 0 aromatic heterocycles. The minimum atomic E-state index is 0.0148. The molecule has 0 aliphatic rings. The average molecular weight is 1980 g/mol. The van der Waals surface area contributed by atoms with E-state index in [1.807, 2.05) is 0 Å². The van der Waals surface area contributed by atoms with Crippen molar-refractivity contribution >= 4 is 0 Å². The van der Waals surface area contributed by atoms with E-state index in [1.165, 1.54) is 50.5 Å². The second-order valence-corrected chi connectivity index (χ2v) is 29.0. The van der Waals surface area contributed by atoms with Gasteiger partial charge in [-0.3, -0.25) is 0 Å². The molecule has 0 bridgehead atoms. The van der Waals surface area contributed by atoms with E-state index in [2.05, 4.69) is 31.2 Å². The van der Waals surface area contributed by atoms with Crippen LogP contribution in [0.15, 0.2) is 24.3 Å². The van der Waals surface area contributed by atoms with Gasteiger partial charge < -0.3 is 195 Å². The van der Waals surface area contributed by atoms with E-state index in [0.717, 1.165) is 12.2 Å². The Kier molecular flexibility index (Phi) is 121. The van der Waals surface area contributed by atoms with Crippen molar-refractivity contribution in [1.82, 2.24) is 0 Å². The lowest BCUT2D eigenvalue weighted by atomic mass is 10.0. The number of aliphatic hydroxyl groups excluding tert-OH is 1. The lowest BCUT2D eigenvalue weighted by Gasteiger charge is -2.09. The maximum absolute atomic E-state index is 8.63. The highest BCUT2D eigenvalue weighted by molar-refractivity contribution is 5.27. The Balaban J connectivity index is 1.59. The fraction of sp³-hybridized carbons (Fsp3) is 0.937. The fourth-order valence-electron chi connectivity index (χ4n) is 10.8. The number of rotatable bonds is 128. The third-order valence-electron chi connectivity index (χ3n) is 17.9. The maximum Gasteiger partial charge on any atom is 0.119 e. The molecule has 0 spiro atoms. The summed E-state index contributed by atoms with van der Waals surface area (Å²) in [6, 6.07) is 8.44. The number of ether oxygens (including phenoxy) is 40. The van der Waals surface area contributed by atoms with Crippen LogP contribution in [0.25, 0.3) is 0 Å². The molecule has 0 heterocycles. The van der Waals surface area contributed by atoms with Crippen LogP contribution in [-0.4, -0.2) is 534 Å². The molecule has 0 radical (unpaired) electrons. The van der Waals surface area contributed by atoms with E-state index in [0.29, 0.717) is 522 Å². The smallest absolute Gasteiger partial charge is 0.119 e. The van der Waals surface area contributed by atoms with Crippen LogP contribution in [-0.2, 0) is 191 Å². The van der Waals surface area contributed by atoms with Gasteiger partial charge in [0.1, 0.15) is 12.4 Å². The van der Waals surface area contributed by atoms with Gasteiger partial charge in [-0.2, -0.15) is 0 Å². The van der Waals surface area contributed by atoms with Gasteiger partial charge in [-0.15, -0.1) is 0 Å². The minimum Gasteiger partial charge on any atom is -0.491 e. The summed E-state index contributed by atoms with van der Waals surface area (Å²) in [5.41, 5.74) is 1.37. The Labute approximate surface area is 813 Å². The lowest BCUT2D eigenvalue weighted by Crippen LogP contribution is -2.16. The van der Waals surface area contributed by atoms with E-state index >= 15 is 0 Å². The fourth-order valence-corrected chi connectivity index (χ4v) is 10.8. The molecule has 136 heavy (non-hydrogen) atoms. The molecule has 0 aliphatic heterocycles. The van der Waals surface area contributed by atoms with Gasteiger partial charge >= 0.3 is 0 Å². The maximum atomic E-state index is 8.63. The van der Waals surface area contributed by atoms with Crippen molar-refractivity contribution in [2.24, 2.45) is 0 Å². The topological polar surface area (TPSA) is 389 Å². The molecule has 0 amide bonds. The largest absolute Gasteiger partial charge is 0.491 e. The van der Waals surface area contributed by atoms with Crippen LogP contribution in [0.1, 0.15) is 57.4 Å². The summed E-state index contributed by atoms with van der Waals surface area (Å²) in [5.74, 6) is 0.878. The predicted octanol–water partition coefficient (Wildman–Crippen LogP) is 5.00. The van der Waals surface area contributed by atoms with Crippen LogP contribution in [0.2, 0.25) is 0 Å². The lowest BCUT2D eigenvalue weighted by molar-refractivity contribution is -0.0328. The number of unbranched alkanes of at least 4 members (excludes halogenated alkanes) is 6. The Morgan fingerprint density at radius 2 is 0.243 bits per heavy atom. The van der Waals surface area contributed by atoms with Crippen molar-refractivity contribution < 1.29 is 195 Å². The zero-order chi connectivity index (χ0) is 96.5. The van der Waals surface area contributed by atoms with Gasteiger partial charge in [-0.05, 0) is 30.5 Å². The van der Waals surface area contributed by atoms with Crippen molar-refractivity contribution in [2.45, 2.75) is 58.3 Å². The highest BCUT2D eigenvalue weighted by atomic mass is 16.6. The number of aryl methyl sites for hydroxylation is 1. The van der Waals surface area contributed by atoms with Crippen LogP contribution < -0.4 is 4.74 Å². The Morgan fingerprint density at radius 1 is 0.132 bits per heavy atom. The molecule has 1 aromatic rings. The molecule has 0 fully saturated rings. The second-order valence-electron chi connectivity index (χ2n) is 29.0. The van der Waals surface area contributed by atoms with Crippen molar-refractivity contribution in [1.29, 1.82) is 0 Å². The Bertz CT molecular complexity index is 2160. The van der Waals surface area contributed by atoms with Gasteiger partial charge in [0.15, 0.2) is 0 Å². The highest BCUT2D eigenvalue weighted by Crippen LogP contribution is 2.16. The summed E-state index contributed by atoms with van der Waals surface area (Å²) in [6.45, 7) is 40.2. The summed E-state index contributed by atoms with van der Waals surface area (Å²) in [7, 11) is 0. The van der Waals surface area contributed by atoms with E-state index in [4.69, 9.17) is 195 Å². The standard InChI is InChI=1S/C95H184O41/c1-2-3-4-5-6-7-8-9-94-10-12-95(13-11-94)136-93-92-135-91-90-134-89-88-133-87-86-132-85-84-131-83-82-130-81-80-129-79-78-128-77-76-127-75-74-126-73-72-125-71-70-124-69-68-123-67-66-122-65-64-121-63-62-120-61-60-119-59-58-118-57-56-117-55-54-116-53-52-115-51-50-114-49-48-113-47-46-112-45-44-111-43-42-110-41-40-109-39-38-108-37-36-107-35-34-106-33-32-105-31-30-104-29-28-103-27-26-102-25-24-101-23-22-100-21-20-99-19-18-98-17-16-97-15-14-96/h10-13,96H,2-9,14-93H2,1H3. The molecule has 1 aromatic carbocycles. The summed E-state index contributed by atoms with van der Waals surface area (Å²) in [4.78, 5) is 0. The van der Waals surface area contributed by atoms with Crippen LogP contribution in [0.4, 0.5) is 0 Å². The molecule has 41 nitrogen and oxygen atoms in total. The number of benzene rings is 1. The summed E-state index contributed by atoms with van der Waals surface area (Å²) >= 11 is 0. The molecular weight excluding hydrogens is 1800 g/mol. The monoisotopic (exact) mass is 1980 g/mol. The molecule has 1 rings (SSSR count). The molecule has 810 valence electrons. The Morgan fingerprint density at radius 3 is 0.368 bits per heavy atom. The summed E-state index contributed by atoms with van der Waals surface area (Å²) < 4.78 is 221. The molecular formula is C95H184O41. The quantitative estimate of drug-likeness (QED) is 0.0838. The molecule has 0 unspecified atom stereocenters. The van der Waals surface area contributed by atoms with Gasteiger partial charge in [-0.25, -0.2) is 0 Å². The molecule has 41 heteroatoms. The summed E-state index contributed by atoms with van der Waals surface area (Å²) in [6.07, 6.45) is 10.4. The number of hydrogen-bond acceptors (Lipinski definition) is 41. The van der Waals surface area contributed by atoms with Crippen LogP contribution >= 0.6 is 0 Å². The normalized spacial score (nSPS) is 11.8. The number of hydrogen-bond donors (Lipinski definition) is 1. The van der Waals surface area contributed by atoms with Crippen molar-refractivity contribution in [3.63, 3.8) is 0 Å². The van der Waals surface area contributed by atoms with Crippen molar-refractivity contribution in [3.05, 3.63) is 29.8 Å². The van der Waals surface area contributed by atoms with Gasteiger partial charge in [0.25, 0.3) is 0 Å². The first-order chi connectivity index (χ1) is 67.9. The zero-order valence-corrected chi connectivity index (χ0v) is 83.3. The van der Waals surface area contributed by atoms with Crippen LogP contribution in [0.3, 0.4) is 0 Å². The molecule has 0 aliphatic carbocycles. The van der Waals surface area contributed by atoms with E-state index in [1.54, 1.807) is 0 Å². The molecule has 0 saturated carbocycles. The predicted molar refractivity (Wildman–Crippen MR) is 503 cm³/mol. The molecule has 1 N–H and O–H groups in total. The number of aliphatic hydroxyl groups is 1. The van der Waals surface area contributed by atoms with Crippen molar-refractivity contribution in [2.75, 3.05) is 529 Å². The van der Waals surface area contributed by atoms with Crippen molar-refractivity contribution in [3.8, 4) is 5.75 Å². The van der Waals surface area contributed by atoms with Crippen LogP contribution in [0, 0.1) is 0 Å².